The molecule has 1 N–H and O–H groups in total. The molecule has 1 atom stereocenters. The zero-order chi connectivity index (χ0) is 21.8. The summed E-state index contributed by atoms with van der Waals surface area (Å²) in [7, 11) is 1.54. The Morgan fingerprint density at radius 1 is 1.03 bits per heavy atom. The van der Waals surface area contributed by atoms with Crippen LogP contribution in [0.1, 0.15) is 46.0 Å². The number of halogens is 1. The summed E-state index contributed by atoms with van der Waals surface area (Å²) in [5.74, 6) is 1.32. The second-order valence-electron chi connectivity index (χ2n) is 7.67. The lowest BCUT2D eigenvalue weighted by Crippen LogP contribution is -2.10. The molecule has 0 fully saturated rings. The van der Waals surface area contributed by atoms with Crippen LogP contribution in [-0.4, -0.2) is 24.0 Å². The molecule has 31 heavy (non-hydrogen) atoms. The number of fused-ring (bicyclic) bond motifs is 1. The molecule has 3 aromatic rings. The highest BCUT2D eigenvalue weighted by Crippen LogP contribution is 2.40. The van der Waals surface area contributed by atoms with Crippen LogP contribution in [0.25, 0.3) is 0 Å². The first-order chi connectivity index (χ1) is 15.1. The number of rotatable bonds is 8. The number of aryl methyl sites for hydroxylation is 1. The quantitative estimate of drug-likeness (QED) is 0.387. The molecule has 0 spiro atoms. The van der Waals surface area contributed by atoms with E-state index in [2.05, 4.69) is 17.1 Å². The molecule has 1 heterocycles. The lowest BCUT2D eigenvalue weighted by atomic mass is 9.92. The number of ether oxygens (including phenoxy) is 3. The Balaban J connectivity index is 1.62. The molecule has 6 heteroatoms. The first-order valence-corrected chi connectivity index (χ1v) is 10.7. The number of nitrogens with zero attached hydrogens (tertiary/aromatic N) is 1. The van der Waals surface area contributed by atoms with Crippen molar-refractivity contribution in [3.63, 3.8) is 0 Å². The van der Waals surface area contributed by atoms with E-state index in [4.69, 9.17) is 25.8 Å². The average molecular weight is 440 g/mol. The third kappa shape index (κ3) is 4.69. The Hall–Kier alpha value is -2.60. The minimum atomic E-state index is -0.871. The summed E-state index contributed by atoms with van der Waals surface area (Å²) in [5, 5.41) is 11.4. The van der Waals surface area contributed by atoms with Crippen molar-refractivity contribution in [3.05, 3.63) is 87.2 Å². The molecular formula is C25H26ClNO4. The van der Waals surface area contributed by atoms with Crippen molar-refractivity contribution in [3.8, 4) is 11.5 Å². The van der Waals surface area contributed by atoms with Crippen LogP contribution in [0, 0.1) is 6.92 Å². The van der Waals surface area contributed by atoms with Crippen LogP contribution in [0.2, 0.25) is 5.15 Å². The molecule has 0 radical (unpaired) electrons. The third-order valence-electron chi connectivity index (χ3n) is 5.57. The SMILES string of the molecule is COCOc1ccc(C(O)c2c(C)cc(OCc3ccccc3)c3c2CCC3)nc1Cl. The summed E-state index contributed by atoms with van der Waals surface area (Å²) in [4.78, 5) is 4.37. The van der Waals surface area contributed by atoms with Crippen molar-refractivity contribution in [1.82, 2.24) is 4.98 Å². The van der Waals surface area contributed by atoms with E-state index in [1.54, 1.807) is 12.1 Å². The average Bonchev–Trinajstić information content (AvgIpc) is 3.26. The van der Waals surface area contributed by atoms with E-state index in [9.17, 15) is 5.11 Å². The van der Waals surface area contributed by atoms with Gasteiger partial charge in [-0.25, -0.2) is 4.98 Å². The maximum Gasteiger partial charge on any atom is 0.188 e. The molecule has 1 aliphatic rings. The highest BCUT2D eigenvalue weighted by atomic mass is 35.5. The van der Waals surface area contributed by atoms with Gasteiger partial charge in [0.1, 0.15) is 18.5 Å². The molecule has 1 unspecified atom stereocenters. The van der Waals surface area contributed by atoms with Crippen LogP contribution in [0.15, 0.2) is 48.5 Å². The number of hydrogen-bond donors (Lipinski definition) is 1. The van der Waals surface area contributed by atoms with Gasteiger partial charge in [-0.1, -0.05) is 41.9 Å². The molecule has 0 saturated carbocycles. The van der Waals surface area contributed by atoms with Crippen LogP contribution in [0.3, 0.4) is 0 Å². The van der Waals surface area contributed by atoms with E-state index in [0.717, 1.165) is 47.3 Å². The van der Waals surface area contributed by atoms with Gasteiger partial charge in [0.2, 0.25) is 0 Å². The third-order valence-corrected chi connectivity index (χ3v) is 5.84. The van der Waals surface area contributed by atoms with Crippen LogP contribution in [0.4, 0.5) is 0 Å². The molecular weight excluding hydrogens is 414 g/mol. The lowest BCUT2D eigenvalue weighted by molar-refractivity contribution is 0.0508. The Bertz CT molecular complexity index is 1060. The number of hydrogen-bond acceptors (Lipinski definition) is 5. The van der Waals surface area contributed by atoms with E-state index in [-0.39, 0.29) is 11.9 Å². The molecule has 1 aliphatic carbocycles. The minimum Gasteiger partial charge on any atom is -0.489 e. The molecule has 0 aliphatic heterocycles. The zero-order valence-electron chi connectivity index (χ0n) is 17.7. The van der Waals surface area contributed by atoms with Gasteiger partial charge in [0, 0.05) is 7.11 Å². The van der Waals surface area contributed by atoms with Gasteiger partial charge in [0.25, 0.3) is 0 Å². The summed E-state index contributed by atoms with van der Waals surface area (Å²) in [5.41, 5.74) is 5.84. The smallest absolute Gasteiger partial charge is 0.188 e. The molecule has 5 nitrogen and oxygen atoms in total. The maximum absolute atomic E-state index is 11.2. The second-order valence-corrected chi connectivity index (χ2v) is 8.03. The number of benzene rings is 2. The largest absolute Gasteiger partial charge is 0.489 e. The van der Waals surface area contributed by atoms with Gasteiger partial charge < -0.3 is 19.3 Å². The van der Waals surface area contributed by atoms with Gasteiger partial charge in [-0.3, -0.25) is 0 Å². The normalized spacial score (nSPS) is 13.7. The topological polar surface area (TPSA) is 60.8 Å². The molecule has 162 valence electrons. The fraction of sp³-hybridized carbons (Fsp3) is 0.320. The number of aromatic nitrogens is 1. The van der Waals surface area contributed by atoms with Crippen molar-refractivity contribution in [2.24, 2.45) is 0 Å². The molecule has 0 amide bonds. The van der Waals surface area contributed by atoms with E-state index in [0.29, 0.717) is 18.1 Å². The van der Waals surface area contributed by atoms with Crippen molar-refractivity contribution in [2.45, 2.75) is 38.9 Å². The summed E-state index contributed by atoms with van der Waals surface area (Å²) in [6.07, 6.45) is 2.02. The first kappa shape index (κ1) is 21.6. The Morgan fingerprint density at radius 3 is 2.55 bits per heavy atom. The maximum atomic E-state index is 11.2. The van der Waals surface area contributed by atoms with Gasteiger partial charge in [-0.05, 0) is 72.2 Å². The molecule has 0 saturated heterocycles. The fourth-order valence-electron chi connectivity index (χ4n) is 4.12. The van der Waals surface area contributed by atoms with Crippen LogP contribution >= 0.6 is 11.6 Å². The second kappa shape index (κ2) is 9.69. The van der Waals surface area contributed by atoms with Crippen molar-refractivity contribution < 1.29 is 19.3 Å². The van der Waals surface area contributed by atoms with Gasteiger partial charge in [-0.2, -0.15) is 0 Å². The lowest BCUT2D eigenvalue weighted by Gasteiger charge is -2.21. The Labute approximate surface area is 187 Å². The van der Waals surface area contributed by atoms with Crippen LogP contribution in [-0.2, 0) is 24.2 Å². The number of methoxy groups -OCH3 is 1. The molecule has 1 aromatic heterocycles. The van der Waals surface area contributed by atoms with Crippen molar-refractivity contribution in [1.29, 1.82) is 0 Å². The minimum absolute atomic E-state index is 0.0837. The van der Waals surface area contributed by atoms with E-state index in [1.807, 2.05) is 31.2 Å². The van der Waals surface area contributed by atoms with Gasteiger partial charge in [-0.15, -0.1) is 0 Å². The van der Waals surface area contributed by atoms with Gasteiger partial charge in [0.15, 0.2) is 17.7 Å². The Kier molecular flexibility index (Phi) is 6.76. The highest BCUT2D eigenvalue weighted by Gasteiger charge is 2.27. The fourth-order valence-corrected chi connectivity index (χ4v) is 4.34. The number of pyridine rings is 1. The van der Waals surface area contributed by atoms with Crippen LogP contribution in [0.5, 0.6) is 11.5 Å². The van der Waals surface area contributed by atoms with Crippen molar-refractivity contribution in [2.75, 3.05) is 13.9 Å². The molecule has 2 aromatic carbocycles. The predicted octanol–water partition coefficient (Wildman–Crippen LogP) is 5.18. The van der Waals surface area contributed by atoms with Gasteiger partial charge >= 0.3 is 0 Å². The monoisotopic (exact) mass is 439 g/mol. The summed E-state index contributed by atoms with van der Waals surface area (Å²) < 4.78 is 16.5. The van der Waals surface area contributed by atoms with E-state index in [1.165, 1.54) is 12.7 Å². The molecule has 0 bridgehead atoms. The van der Waals surface area contributed by atoms with Gasteiger partial charge in [0.05, 0.1) is 5.69 Å². The Morgan fingerprint density at radius 2 is 1.81 bits per heavy atom. The predicted molar refractivity (Wildman–Crippen MR) is 120 cm³/mol. The standard InChI is InChI=1S/C25H26ClNO4/c1-16-13-22(30-14-17-7-4-3-5-8-17)18-9-6-10-19(18)23(16)24(28)20-11-12-21(25(26)27-20)31-15-29-2/h3-5,7-8,11-13,24,28H,6,9-10,14-15H2,1-2H3. The number of aliphatic hydroxyl groups is 1. The number of aliphatic hydroxyl groups excluding tert-OH is 1. The van der Waals surface area contributed by atoms with Crippen LogP contribution < -0.4 is 9.47 Å². The zero-order valence-corrected chi connectivity index (χ0v) is 18.5. The summed E-state index contributed by atoms with van der Waals surface area (Å²) in [6, 6.07) is 15.6. The molecule has 4 rings (SSSR count). The van der Waals surface area contributed by atoms with E-state index < -0.39 is 6.10 Å². The van der Waals surface area contributed by atoms with E-state index >= 15 is 0 Å². The first-order valence-electron chi connectivity index (χ1n) is 10.4. The summed E-state index contributed by atoms with van der Waals surface area (Å²) in [6.45, 7) is 2.61. The highest BCUT2D eigenvalue weighted by molar-refractivity contribution is 6.30. The van der Waals surface area contributed by atoms with Crippen molar-refractivity contribution >= 4 is 11.6 Å². The summed E-state index contributed by atoms with van der Waals surface area (Å²) >= 11 is 6.26.